The van der Waals surface area contributed by atoms with E-state index in [1.54, 1.807) is 28.8 Å². The lowest BCUT2D eigenvalue weighted by Crippen LogP contribution is -2.24. The number of halogens is 1. The lowest BCUT2D eigenvalue weighted by molar-refractivity contribution is 0.0598. The number of carbonyl (C=O) groups is 1. The van der Waals surface area contributed by atoms with Gasteiger partial charge in [-0.15, -0.1) is 0 Å². The maximum Gasteiger partial charge on any atom is 0.339 e. The van der Waals surface area contributed by atoms with Crippen molar-refractivity contribution in [1.82, 2.24) is 4.57 Å². The van der Waals surface area contributed by atoms with E-state index in [2.05, 4.69) is 0 Å². The van der Waals surface area contributed by atoms with Crippen LogP contribution in [0, 0.1) is 0 Å². The Morgan fingerprint density at radius 3 is 2.70 bits per heavy atom. The number of fused-ring (bicyclic) bond motifs is 1. The number of methoxy groups -OCH3 is 1. The molecule has 2 heterocycles. The number of esters is 1. The van der Waals surface area contributed by atoms with Gasteiger partial charge in [-0.25, -0.2) is 4.79 Å². The first kappa shape index (κ1) is 15.6. The van der Waals surface area contributed by atoms with Gasteiger partial charge in [0.2, 0.25) is 0 Å². The minimum atomic E-state index is -0.406. The third-order valence-corrected chi connectivity index (χ3v) is 4.21. The molecule has 0 N–H and O–H groups in total. The quantitative estimate of drug-likeness (QED) is 0.811. The molecule has 0 saturated heterocycles. The fraction of sp³-hybridized carbons (Fsp3) is 0.222. The minimum Gasteiger partial charge on any atom is -0.465 e. The van der Waals surface area contributed by atoms with Gasteiger partial charge in [0.1, 0.15) is 0 Å². The van der Waals surface area contributed by atoms with Crippen molar-refractivity contribution < 1.29 is 9.53 Å². The highest BCUT2D eigenvalue weighted by molar-refractivity contribution is 6.30. The van der Waals surface area contributed by atoms with Gasteiger partial charge in [0.15, 0.2) is 0 Å². The number of benzene rings is 1. The van der Waals surface area contributed by atoms with Crippen molar-refractivity contribution in [2.75, 3.05) is 7.11 Å². The molecule has 0 saturated carbocycles. The van der Waals surface area contributed by atoms with Crippen LogP contribution < -0.4 is 5.56 Å². The molecule has 5 heteroatoms. The van der Waals surface area contributed by atoms with Gasteiger partial charge in [0.05, 0.1) is 12.7 Å². The SMILES string of the molecule is COC(=O)c1cc(/C=C/c2ccc(Cl)cc2)c(=O)n2c1CCC2. The van der Waals surface area contributed by atoms with Crippen molar-refractivity contribution in [3.63, 3.8) is 0 Å². The molecule has 0 radical (unpaired) electrons. The van der Waals surface area contributed by atoms with E-state index in [9.17, 15) is 9.59 Å². The van der Waals surface area contributed by atoms with E-state index in [0.717, 1.165) is 24.1 Å². The Kier molecular flexibility index (Phi) is 4.35. The Morgan fingerprint density at radius 1 is 1.26 bits per heavy atom. The molecule has 1 aliphatic heterocycles. The summed E-state index contributed by atoms with van der Waals surface area (Å²) in [6, 6.07) is 8.93. The molecule has 0 spiro atoms. The molecule has 0 unspecified atom stereocenters. The first-order chi connectivity index (χ1) is 11.1. The van der Waals surface area contributed by atoms with Crippen molar-refractivity contribution in [3.8, 4) is 0 Å². The van der Waals surface area contributed by atoms with Crippen molar-refractivity contribution >= 4 is 29.7 Å². The van der Waals surface area contributed by atoms with Crippen LogP contribution in [0.5, 0.6) is 0 Å². The Labute approximate surface area is 139 Å². The van der Waals surface area contributed by atoms with Gasteiger partial charge in [-0.05, 0) is 42.7 Å². The van der Waals surface area contributed by atoms with Crippen molar-refractivity contribution in [3.05, 3.63) is 68.1 Å². The molecule has 0 atom stereocenters. The first-order valence-corrected chi connectivity index (χ1v) is 7.76. The van der Waals surface area contributed by atoms with E-state index in [1.807, 2.05) is 18.2 Å². The molecule has 0 bridgehead atoms. The fourth-order valence-electron chi connectivity index (χ4n) is 2.80. The second-order valence-corrected chi connectivity index (χ2v) is 5.83. The van der Waals surface area contributed by atoms with Crippen molar-refractivity contribution in [2.24, 2.45) is 0 Å². The molecular weight excluding hydrogens is 314 g/mol. The summed E-state index contributed by atoms with van der Waals surface area (Å²) in [6.45, 7) is 0.640. The molecular formula is C18H16ClNO3. The summed E-state index contributed by atoms with van der Waals surface area (Å²) in [5.41, 5.74) is 2.58. The number of ether oxygens (including phenoxy) is 1. The molecule has 0 amide bonds. The number of hydrogen-bond acceptors (Lipinski definition) is 3. The molecule has 1 aromatic heterocycles. The summed E-state index contributed by atoms with van der Waals surface area (Å²) in [4.78, 5) is 24.5. The lowest BCUT2D eigenvalue weighted by Gasteiger charge is -2.10. The number of pyridine rings is 1. The monoisotopic (exact) mass is 329 g/mol. The van der Waals surface area contributed by atoms with E-state index < -0.39 is 5.97 Å². The number of hydrogen-bond donors (Lipinski definition) is 0. The van der Waals surface area contributed by atoms with Gasteiger partial charge in [0.25, 0.3) is 5.56 Å². The third-order valence-electron chi connectivity index (χ3n) is 3.95. The highest BCUT2D eigenvalue weighted by atomic mass is 35.5. The zero-order valence-electron chi connectivity index (χ0n) is 12.7. The van der Waals surface area contributed by atoms with Gasteiger partial charge in [-0.2, -0.15) is 0 Å². The highest BCUT2D eigenvalue weighted by Crippen LogP contribution is 2.20. The predicted molar refractivity (Wildman–Crippen MR) is 90.7 cm³/mol. The smallest absolute Gasteiger partial charge is 0.339 e. The number of carbonyl (C=O) groups excluding carboxylic acids is 1. The largest absolute Gasteiger partial charge is 0.465 e. The molecule has 1 aromatic carbocycles. The maximum atomic E-state index is 12.5. The molecule has 3 rings (SSSR count). The normalized spacial score (nSPS) is 13.3. The van der Waals surface area contributed by atoms with Crippen molar-refractivity contribution in [2.45, 2.75) is 19.4 Å². The van der Waals surface area contributed by atoms with Crippen LogP contribution in [0.25, 0.3) is 12.2 Å². The highest BCUT2D eigenvalue weighted by Gasteiger charge is 2.22. The van der Waals surface area contributed by atoms with Crippen LogP contribution >= 0.6 is 11.6 Å². The molecule has 1 aliphatic rings. The first-order valence-electron chi connectivity index (χ1n) is 7.39. The summed E-state index contributed by atoms with van der Waals surface area (Å²) in [7, 11) is 1.35. The van der Waals surface area contributed by atoms with E-state index in [4.69, 9.17) is 16.3 Å². The van der Waals surface area contributed by atoms with Crippen LogP contribution in [-0.4, -0.2) is 17.6 Å². The minimum absolute atomic E-state index is 0.0737. The van der Waals surface area contributed by atoms with Crippen LogP contribution in [0.3, 0.4) is 0 Å². The van der Waals surface area contributed by atoms with Crippen LogP contribution in [-0.2, 0) is 17.7 Å². The number of nitrogens with zero attached hydrogens (tertiary/aromatic N) is 1. The number of rotatable bonds is 3. The Hall–Kier alpha value is -2.33. The predicted octanol–water partition coefficient (Wildman–Crippen LogP) is 3.40. The second kappa shape index (κ2) is 6.42. The molecule has 0 aliphatic carbocycles. The molecule has 4 nitrogen and oxygen atoms in total. The molecule has 23 heavy (non-hydrogen) atoms. The van der Waals surface area contributed by atoms with E-state index in [0.29, 0.717) is 22.7 Å². The topological polar surface area (TPSA) is 48.3 Å². The zero-order chi connectivity index (χ0) is 16.4. The van der Waals surface area contributed by atoms with Gasteiger partial charge >= 0.3 is 5.97 Å². The maximum absolute atomic E-state index is 12.5. The summed E-state index contributed by atoms with van der Waals surface area (Å²) in [5.74, 6) is -0.406. The second-order valence-electron chi connectivity index (χ2n) is 5.40. The zero-order valence-corrected chi connectivity index (χ0v) is 13.5. The van der Waals surface area contributed by atoms with E-state index in [1.165, 1.54) is 7.11 Å². The third kappa shape index (κ3) is 3.08. The van der Waals surface area contributed by atoms with Gasteiger partial charge < -0.3 is 9.30 Å². The van der Waals surface area contributed by atoms with Crippen LogP contribution in [0.4, 0.5) is 0 Å². The molecule has 2 aromatic rings. The average molecular weight is 330 g/mol. The number of aromatic nitrogens is 1. The summed E-state index contributed by atoms with van der Waals surface area (Å²) in [5, 5.41) is 0.660. The fourth-order valence-corrected chi connectivity index (χ4v) is 2.93. The van der Waals surface area contributed by atoms with Gasteiger partial charge in [-0.1, -0.05) is 29.8 Å². The Morgan fingerprint density at radius 2 is 2.00 bits per heavy atom. The Balaban J connectivity index is 2.04. The molecule has 118 valence electrons. The van der Waals surface area contributed by atoms with Crippen LogP contribution in [0.2, 0.25) is 5.02 Å². The molecule has 0 fully saturated rings. The van der Waals surface area contributed by atoms with Crippen LogP contribution in [0.15, 0.2) is 35.1 Å². The summed E-state index contributed by atoms with van der Waals surface area (Å²) < 4.78 is 6.51. The van der Waals surface area contributed by atoms with E-state index >= 15 is 0 Å². The van der Waals surface area contributed by atoms with E-state index in [-0.39, 0.29) is 5.56 Å². The van der Waals surface area contributed by atoms with Gasteiger partial charge in [0, 0.05) is 22.8 Å². The summed E-state index contributed by atoms with van der Waals surface area (Å²) in [6.07, 6.45) is 5.14. The van der Waals surface area contributed by atoms with Crippen LogP contribution in [0.1, 0.15) is 33.6 Å². The van der Waals surface area contributed by atoms with Crippen molar-refractivity contribution in [1.29, 1.82) is 0 Å². The van der Waals surface area contributed by atoms with Gasteiger partial charge in [-0.3, -0.25) is 4.79 Å². The Bertz CT molecular complexity index is 835. The standard InChI is InChI=1S/C18H16ClNO3/c1-23-18(22)15-11-13(17(21)20-10-2-3-16(15)20)7-4-12-5-8-14(19)9-6-12/h4-9,11H,2-3,10H2,1H3/b7-4+. The average Bonchev–Trinajstić information content (AvgIpc) is 3.05. The summed E-state index contributed by atoms with van der Waals surface area (Å²) >= 11 is 5.86. The lowest BCUT2D eigenvalue weighted by atomic mass is 10.1.